The SMILES string of the molecule is Cc1ccc(-c2ccc(/C=N\NC(=O)c3ccc4ccccc4c3)o2)c([N+](=O)[O-])c1. The maximum atomic E-state index is 12.3. The van der Waals surface area contributed by atoms with E-state index >= 15 is 0 Å². The molecular formula is C23H17N3O4. The van der Waals surface area contributed by atoms with Gasteiger partial charge in [0.1, 0.15) is 11.5 Å². The summed E-state index contributed by atoms with van der Waals surface area (Å²) in [5.74, 6) is 0.362. The number of aryl methyl sites for hydroxylation is 1. The topological polar surface area (TPSA) is 97.7 Å². The summed E-state index contributed by atoms with van der Waals surface area (Å²) in [6.45, 7) is 1.79. The third kappa shape index (κ3) is 3.95. The van der Waals surface area contributed by atoms with Gasteiger partial charge in [-0.15, -0.1) is 0 Å². The quantitative estimate of drug-likeness (QED) is 0.287. The van der Waals surface area contributed by atoms with Crippen LogP contribution in [0.5, 0.6) is 0 Å². The first-order chi connectivity index (χ1) is 14.5. The summed E-state index contributed by atoms with van der Waals surface area (Å²) in [6, 6.07) is 21.3. The first kappa shape index (κ1) is 19.1. The Morgan fingerprint density at radius 2 is 1.83 bits per heavy atom. The van der Waals surface area contributed by atoms with Gasteiger partial charge in [-0.25, -0.2) is 5.43 Å². The number of furan rings is 1. The molecule has 0 saturated carbocycles. The van der Waals surface area contributed by atoms with E-state index in [1.807, 2.05) is 30.3 Å². The maximum Gasteiger partial charge on any atom is 0.280 e. The van der Waals surface area contributed by atoms with Crippen molar-refractivity contribution in [2.45, 2.75) is 6.92 Å². The number of benzene rings is 3. The summed E-state index contributed by atoms with van der Waals surface area (Å²) < 4.78 is 5.64. The minimum absolute atomic E-state index is 0.0301. The Morgan fingerprint density at radius 3 is 2.63 bits per heavy atom. The van der Waals surface area contributed by atoms with Crippen LogP contribution in [0.15, 0.2) is 82.3 Å². The van der Waals surface area contributed by atoms with Crippen molar-refractivity contribution < 1.29 is 14.1 Å². The van der Waals surface area contributed by atoms with Crippen LogP contribution in [0.1, 0.15) is 21.7 Å². The molecule has 0 bridgehead atoms. The van der Waals surface area contributed by atoms with Gasteiger partial charge in [-0.2, -0.15) is 5.10 Å². The molecule has 3 aromatic carbocycles. The predicted octanol–water partition coefficient (Wildman–Crippen LogP) is 5.08. The maximum absolute atomic E-state index is 12.3. The van der Waals surface area contributed by atoms with E-state index in [1.54, 1.807) is 43.3 Å². The second-order valence-corrected chi connectivity index (χ2v) is 6.74. The fourth-order valence-electron chi connectivity index (χ4n) is 3.12. The van der Waals surface area contributed by atoms with Gasteiger partial charge in [0, 0.05) is 11.6 Å². The number of amides is 1. The fourth-order valence-corrected chi connectivity index (χ4v) is 3.12. The monoisotopic (exact) mass is 399 g/mol. The molecule has 4 aromatic rings. The highest BCUT2D eigenvalue weighted by Gasteiger charge is 2.18. The summed E-state index contributed by atoms with van der Waals surface area (Å²) in [5, 5.41) is 17.2. The number of nitro groups is 1. The van der Waals surface area contributed by atoms with Crippen molar-refractivity contribution in [1.82, 2.24) is 5.43 Å². The summed E-state index contributed by atoms with van der Waals surface area (Å²) in [4.78, 5) is 23.2. The largest absolute Gasteiger partial charge is 0.455 e. The number of nitrogens with zero attached hydrogens (tertiary/aromatic N) is 2. The Balaban J connectivity index is 1.48. The zero-order chi connectivity index (χ0) is 21.1. The van der Waals surface area contributed by atoms with Crippen molar-refractivity contribution in [3.8, 4) is 11.3 Å². The van der Waals surface area contributed by atoms with Crippen LogP contribution in [0, 0.1) is 17.0 Å². The highest BCUT2D eigenvalue weighted by Crippen LogP contribution is 2.31. The number of hydrazone groups is 1. The number of fused-ring (bicyclic) bond motifs is 1. The molecule has 0 aliphatic rings. The van der Waals surface area contributed by atoms with Gasteiger partial charge in [0.25, 0.3) is 11.6 Å². The van der Waals surface area contributed by atoms with Crippen molar-refractivity contribution in [3.05, 3.63) is 99.8 Å². The lowest BCUT2D eigenvalue weighted by molar-refractivity contribution is -0.384. The Bertz CT molecular complexity index is 1290. The van der Waals surface area contributed by atoms with Crippen molar-refractivity contribution >= 4 is 28.6 Å². The van der Waals surface area contributed by atoms with Crippen LogP contribution in [0.25, 0.3) is 22.1 Å². The fraction of sp³-hybridized carbons (Fsp3) is 0.0435. The highest BCUT2D eigenvalue weighted by atomic mass is 16.6. The van der Waals surface area contributed by atoms with Gasteiger partial charge in [-0.05, 0) is 53.6 Å². The molecule has 7 nitrogen and oxygen atoms in total. The standard InChI is InChI=1S/C23H17N3O4/c1-15-6-10-20(21(12-15)26(28)29)22-11-9-19(30-22)14-24-25-23(27)18-8-7-16-4-2-3-5-17(16)13-18/h2-14H,1H3,(H,25,27)/b24-14-. The zero-order valence-electron chi connectivity index (χ0n) is 16.0. The van der Waals surface area contributed by atoms with E-state index in [1.165, 1.54) is 12.3 Å². The number of carbonyl (C=O) groups excluding carboxylic acids is 1. The van der Waals surface area contributed by atoms with Gasteiger partial charge in [-0.3, -0.25) is 14.9 Å². The van der Waals surface area contributed by atoms with Crippen LogP contribution < -0.4 is 5.43 Å². The average molecular weight is 399 g/mol. The first-order valence-electron chi connectivity index (χ1n) is 9.19. The Kier molecular flexibility index (Phi) is 5.09. The van der Waals surface area contributed by atoms with Crippen LogP contribution >= 0.6 is 0 Å². The summed E-state index contributed by atoms with van der Waals surface area (Å²) in [5.41, 5.74) is 4.08. The summed E-state index contributed by atoms with van der Waals surface area (Å²) in [7, 11) is 0. The van der Waals surface area contributed by atoms with E-state index in [-0.39, 0.29) is 11.6 Å². The van der Waals surface area contributed by atoms with Gasteiger partial charge >= 0.3 is 0 Å². The molecule has 7 heteroatoms. The van der Waals surface area contributed by atoms with E-state index in [0.29, 0.717) is 22.6 Å². The molecule has 1 amide bonds. The van der Waals surface area contributed by atoms with Gasteiger partial charge < -0.3 is 4.42 Å². The van der Waals surface area contributed by atoms with E-state index in [0.717, 1.165) is 16.3 Å². The van der Waals surface area contributed by atoms with Gasteiger partial charge in [0.15, 0.2) is 0 Å². The number of nitro benzene ring substituents is 1. The number of hydrogen-bond donors (Lipinski definition) is 1. The molecule has 148 valence electrons. The molecule has 0 radical (unpaired) electrons. The third-order valence-electron chi connectivity index (χ3n) is 4.61. The lowest BCUT2D eigenvalue weighted by atomic mass is 10.1. The van der Waals surface area contributed by atoms with Crippen LogP contribution in [-0.4, -0.2) is 17.0 Å². The minimum atomic E-state index is -0.442. The molecule has 1 N–H and O–H groups in total. The van der Waals surface area contributed by atoms with Gasteiger partial charge in [0.05, 0.1) is 16.7 Å². The van der Waals surface area contributed by atoms with Crippen LogP contribution in [0.3, 0.4) is 0 Å². The van der Waals surface area contributed by atoms with Crippen LogP contribution in [-0.2, 0) is 0 Å². The lowest BCUT2D eigenvalue weighted by Crippen LogP contribution is -2.17. The molecular weight excluding hydrogens is 382 g/mol. The molecule has 0 aliphatic carbocycles. The van der Waals surface area contributed by atoms with Crippen LogP contribution in [0.4, 0.5) is 5.69 Å². The minimum Gasteiger partial charge on any atom is -0.455 e. The highest BCUT2D eigenvalue weighted by molar-refractivity contribution is 5.98. The predicted molar refractivity (Wildman–Crippen MR) is 115 cm³/mol. The van der Waals surface area contributed by atoms with Crippen molar-refractivity contribution in [1.29, 1.82) is 0 Å². The van der Waals surface area contributed by atoms with E-state index in [2.05, 4.69) is 10.5 Å². The molecule has 0 atom stereocenters. The van der Waals surface area contributed by atoms with Crippen molar-refractivity contribution in [2.75, 3.05) is 0 Å². The number of rotatable bonds is 5. The molecule has 0 saturated heterocycles. The third-order valence-corrected chi connectivity index (χ3v) is 4.61. The molecule has 0 aliphatic heterocycles. The second-order valence-electron chi connectivity index (χ2n) is 6.74. The van der Waals surface area contributed by atoms with Crippen molar-refractivity contribution in [3.63, 3.8) is 0 Å². The molecule has 4 rings (SSSR count). The Labute approximate surface area is 171 Å². The first-order valence-corrected chi connectivity index (χ1v) is 9.19. The van der Waals surface area contributed by atoms with Gasteiger partial charge in [0.2, 0.25) is 0 Å². The van der Waals surface area contributed by atoms with Crippen LogP contribution in [0.2, 0.25) is 0 Å². The molecule has 30 heavy (non-hydrogen) atoms. The van der Waals surface area contributed by atoms with Gasteiger partial charge in [-0.1, -0.05) is 36.4 Å². The molecule has 1 aromatic heterocycles. The smallest absolute Gasteiger partial charge is 0.280 e. The van der Waals surface area contributed by atoms with E-state index < -0.39 is 4.92 Å². The van der Waals surface area contributed by atoms with E-state index in [9.17, 15) is 14.9 Å². The normalized spacial score (nSPS) is 11.1. The number of hydrogen-bond acceptors (Lipinski definition) is 5. The Hall–Kier alpha value is -4.26. The molecule has 1 heterocycles. The van der Waals surface area contributed by atoms with E-state index in [4.69, 9.17) is 4.42 Å². The zero-order valence-corrected chi connectivity index (χ0v) is 16.0. The van der Waals surface area contributed by atoms with Crippen molar-refractivity contribution in [2.24, 2.45) is 5.10 Å². The lowest BCUT2D eigenvalue weighted by Gasteiger charge is -2.02. The summed E-state index contributed by atoms with van der Waals surface area (Å²) >= 11 is 0. The molecule has 0 fully saturated rings. The second kappa shape index (κ2) is 8.00. The number of carbonyl (C=O) groups is 1. The molecule has 0 spiro atoms. The average Bonchev–Trinajstić information content (AvgIpc) is 3.22. The Morgan fingerprint density at radius 1 is 1.03 bits per heavy atom. The summed E-state index contributed by atoms with van der Waals surface area (Å²) in [6.07, 6.45) is 1.35. The number of nitrogens with one attached hydrogen (secondary N) is 1. The molecule has 0 unspecified atom stereocenters.